The van der Waals surface area contributed by atoms with Crippen molar-refractivity contribution in [3.63, 3.8) is 0 Å². The van der Waals surface area contributed by atoms with Gasteiger partial charge < -0.3 is 4.15 Å². The first-order chi connectivity index (χ1) is 5.14. The van der Waals surface area contributed by atoms with Crippen LogP contribution in [0.3, 0.4) is 0 Å². The molecule has 2 nitrogen and oxygen atoms in total. The minimum Gasteiger partial charge on any atom is -0.381 e. The minimum atomic E-state index is 0.0102. The van der Waals surface area contributed by atoms with Crippen molar-refractivity contribution in [3.05, 3.63) is 0 Å². The molecule has 3 heteroatoms. The van der Waals surface area contributed by atoms with Gasteiger partial charge in [-0.1, -0.05) is 6.92 Å². The molecule has 1 rings (SSSR count). The molecule has 0 bridgehead atoms. The Kier molecular flexibility index (Phi) is 3.10. The number of nitrogens with zero attached hydrogens (tertiary/aromatic N) is 2. The van der Waals surface area contributed by atoms with Crippen LogP contribution in [0.4, 0.5) is 0 Å². The van der Waals surface area contributed by atoms with Crippen molar-refractivity contribution in [1.82, 2.24) is 4.57 Å². The number of quaternary nitrogens is 1. The molecule has 0 atom stereocenters. The molecule has 66 valence electrons. The molecule has 0 aromatic rings. The molecule has 0 amide bonds. The summed E-state index contributed by atoms with van der Waals surface area (Å²) in [5.74, 6) is 0. The van der Waals surface area contributed by atoms with Gasteiger partial charge in [0.05, 0.1) is 20.6 Å². The van der Waals surface area contributed by atoms with E-state index in [0.29, 0.717) is 0 Å². The van der Waals surface area contributed by atoms with Crippen molar-refractivity contribution in [3.8, 4) is 0 Å². The highest BCUT2D eigenvalue weighted by Gasteiger charge is 2.25. The van der Waals surface area contributed by atoms with Crippen LogP contribution in [-0.4, -0.2) is 52.3 Å². The molecule has 0 saturated carbocycles. The van der Waals surface area contributed by atoms with E-state index in [1.807, 2.05) is 0 Å². The Bertz CT molecular complexity index is 123. The van der Waals surface area contributed by atoms with Gasteiger partial charge in [0.1, 0.15) is 0 Å². The Morgan fingerprint density at radius 1 is 1.45 bits per heavy atom. The Labute approximate surface area is 72.8 Å². The Hall–Kier alpha value is 0.137. The van der Waals surface area contributed by atoms with E-state index in [4.69, 9.17) is 0 Å². The van der Waals surface area contributed by atoms with E-state index in [-0.39, 0.29) is 9.84 Å². The van der Waals surface area contributed by atoms with Gasteiger partial charge in [-0.15, -0.1) is 0 Å². The summed E-state index contributed by atoms with van der Waals surface area (Å²) >= 11 is 0. The second-order valence-corrected chi connectivity index (χ2v) is 7.16. The highest BCUT2D eigenvalue weighted by molar-refractivity contribution is 6.22. The fourth-order valence-electron chi connectivity index (χ4n) is 1.90. The van der Waals surface area contributed by atoms with Gasteiger partial charge in [0.2, 0.25) is 0 Å². The van der Waals surface area contributed by atoms with Crippen LogP contribution in [0.25, 0.3) is 0 Å². The Balaban J connectivity index is 2.34. The first kappa shape index (κ1) is 9.23. The minimum absolute atomic E-state index is 0.0102. The monoisotopic (exact) mass is 173 g/mol. The molecule has 0 radical (unpaired) electrons. The molecule has 0 aliphatic carbocycles. The molecular weight excluding hydrogens is 152 g/mol. The number of rotatable bonds is 2. The fourth-order valence-corrected chi connectivity index (χ4v) is 4.17. The normalized spacial score (nSPS) is 27.5. The summed E-state index contributed by atoms with van der Waals surface area (Å²) in [4.78, 5) is 0. The van der Waals surface area contributed by atoms with E-state index in [1.54, 1.807) is 0 Å². The molecule has 0 spiro atoms. The van der Waals surface area contributed by atoms with Crippen LogP contribution in [0.5, 0.6) is 0 Å². The Morgan fingerprint density at radius 2 is 2.18 bits per heavy atom. The topological polar surface area (TPSA) is 3.24 Å². The van der Waals surface area contributed by atoms with Crippen molar-refractivity contribution in [1.29, 1.82) is 0 Å². The molecule has 0 aromatic carbocycles. The van der Waals surface area contributed by atoms with E-state index in [0.717, 1.165) is 0 Å². The summed E-state index contributed by atoms with van der Waals surface area (Å²) in [6.45, 7) is 6.41. The summed E-state index contributed by atoms with van der Waals surface area (Å²) in [5, 5.41) is 0. The number of hydrogen-bond acceptors (Lipinski definition) is 1. The van der Waals surface area contributed by atoms with Crippen LogP contribution in [-0.2, 0) is 0 Å². The van der Waals surface area contributed by atoms with Gasteiger partial charge >= 0.3 is 9.84 Å². The maximum Gasteiger partial charge on any atom is 0.337 e. The third-order valence-electron chi connectivity index (χ3n) is 2.36. The highest BCUT2D eigenvalue weighted by Crippen LogP contribution is 2.08. The molecule has 11 heavy (non-hydrogen) atoms. The second kappa shape index (κ2) is 3.69. The average molecular weight is 173 g/mol. The summed E-state index contributed by atoms with van der Waals surface area (Å²) < 4.78 is 4.03. The first-order valence-corrected chi connectivity index (χ1v) is 5.95. The van der Waals surface area contributed by atoms with Gasteiger partial charge in [-0.25, -0.2) is 0 Å². The lowest BCUT2D eigenvalue weighted by Gasteiger charge is -2.40. The molecule has 1 aliphatic rings. The maximum absolute atomic E-state index is 2.71. The van der Waals surface area contributed by atoms with Gasteiger partial charge in [0.25, 0.3) is 0 Å². The molecule has 1 aliphatic heterocycles. The largest absolute Gasteiger partial charge is 0.381 e. The van der Waals surface area contributed by atoms with E-state index in [1.165, 1.54) is 36.6 Å². The van der Waals surface area contributed by atoms with Gasteiger partial charge in [-0.3, -0.25) is 4.57 Å². The highest BCUT2D eigenvalue weighted by atomic mass is 28.2. The van der Waals surface area contributed by atoms with Gasteiger partial charge in [0.15, 0.2) is 0 Å². The molecule has 1 saturated heterocycles. The van der Waals surface area contributed by atoms with E-state index >= 15 is 0 Å². The predicted molar refractivity (Wildman–Crippen MR) is 52.0 cm³/mol. The molecule has 1 fully saturated rings. The van der Waals surface area contributed by atoms with Crippen molar-refractivity contribution < 1.29 is 4.15 Å². The Morgan fingerprint density at radius 3 is 2.73 bits per heavy atom. The standard InChI is InChI=1S/C8H21N2Si/c1-4-6-9-7-5-8-10(2,3)11-9/h4-8,11H2,1-3H3/q+1. The zero-order valence-electron chi connectivity index (χ0n) is 8.14. The third kappa shape index (κ3) is 2.93. The molecular formula is C8H21N2Si+. The zero-order chi connectivity index (χ0) is 8.32. The van der Waals surface area contributed by atoms with Gasteiger partial charge in [-0.05, 0) is 13.0 Å². The summed E-state index contributed by atoms with van der Waals surface area (Å²) in [5.41, 5.74) is 0. The first-order valence-electron chi connectivity index (χ1n) is 4.68. The van der Waals surface area contributed by atoms with E-state index < -0.39 is 0 Å². The number of hydrogen-bond donors (Lipinski definition) is 0. The zero-order valence-corrected chi connectivity index (χ0v) is 9.55. The quantitative estimate of drug-likeness (QED) is 0.538. The molecule has 1 heterocycles. The van der Waals surface area contributed by atoms with Gasteiger partial charge in [0, 0.05) is 13.0 Å². The SMILES string of the molecule is CCCN1CCC[N+](C)(C)[SiH2]1. The van der Waals surface area contributed by atoms with Crippen LogP contribution >= 0.6 is 0 Å². The maximum atomic E-state index is 2.71. The van der Waals surface area contributed by atoms with Crippen molar-refractivity contribution in [2.75, 3.05) is 33.7 Å². The predicted octanol–water partition coefficient (Wildman–Crippen LogP) is 0.177. The van der Waals surface area contributed by atoms with Crippen molar-refractivity contribution >= 4 is 9.84 Å². The van der Waals surface area contributed by atoms with Crippen LogP contribution in [0.15, 0.2) is 0 Å². The molecule has 0 aromatic heterocycles. The summed E-state index contributed by atoms with van der Waals surface area (Å²) in [7, 11) is 4.78. The van der Waals surface area contributed by atoms with Crippen LogP contribution < -0.4 is 0 Å². The van der Waals surface area contributed by atoms with Crippen LogP contribution in [0.2, 0.25) is 0 Å². The third-order valence-corrected chi connectivity index (χ3v) is 4.47. The van der Waals surface area contributed by atoms with Crippen LogP contribution in [0.1, 0.15) is 19.8 Å². The van der Waals surface area contributed by atoms with Gasteiger partial charge in [-0.2, -0.15) is 0 Å². The average Bonchev–Trinajstić information content (AvgIpc) is 1.85. The van der Waals surface area contributed by atoms with E-state index in [2.05, 4.69) is 25.6 Å². The lowest BCUT2D eigenvalue weighted by Crippen LogP contribution is -2.57. The molecule has 0 unspecified atom stereocenters. The van der Waals surface area contributed by atoms with Crippen molar-refractivity contribution in [2.24, 2.45) is 0 Å². The smallest absolute Gasteiger partial charge is 0.337 e. The lowest BCUT2D eigenvalue weighted by atomic mass is 10.4. The lowest BCUT2D eigenvalue weighted by molar-refractivity contribution is -0.786. The van der Waals surface area contributed by atoms with Crippen LogP contribution in [0, 0.1) is 0 Å². The fraction of sp³-hybridized carbons (Fsp3) is 1.00. The summed E-state index contributed by atoms with van der Waals surface area (Å²) in [6, 6.07) is 0. The molecule has 0 N–H and O–H groups in total. The summed E-state index contributed by atoms with van der Waals surface area (Å²) in [6.07, 6.45) is 2.73. The second-order valence-electron chi connectivity index (χ2n) is 4.27. The van der Waals surface area contributed by atoms with Crippen molar-refractivity contribution in [2.45, 2.75) is 19.8 Å². The van der Waals surface area contributed by atoms with E-state index in [9.17, 15) is 0 Å².